The third-order valence-corrected chi connectivity index (χ3v) is 3.13. The molecule has 18 heavy (non-hydrogen) atoms. The van der Waals surface area contributed by atoms with Gasteiger partial charge in [0, 0.05) is 24.5 Å². The number of hydrogen-bond acceptors (Lipinski definition) is 3. The number of hydrogen-bond donors (Lipinski definition) is 1. The average Bonchev–Trinajstić information content (AvgIpc) is 2.38. The summed E-state index contributed by atoms with van der Waals surface area (Å²) in [5.74, 6) is 0.710. The molecule has 1 heterocycles. The molecule has 92 valence electrons. The lowest BCUT2D eigenvalue weighted by molar-refractivity contribution is 1.13. The van der Waals surface area contributed by atoms with E-state index in [4.69, 9.17) is 29.6 Å². The van der Waals surface area contributed by atoms with Crippen LogP contribution in [0, 0.1) is 0 Å². The molecule has 1 aromatic heterocycles. The highest BCUT2D eigenvalue weighted by Crippen LogP contribution is 2.27. The fourth-order valence-corrected chi connectivity index (χ4v) is 1.98. The van der Waals surface area contributed by atoms with Crippen LogP contribution < -0.4 is 10.6 Å². The van der Waals surface area contributed by atoms with Gasteiger partial charge in [0.05, 0.1) is 5.02 Å². The van der Waals surface area contributed by atoms with Gasteiger partial charge in [-0.25, -0.2) is 4.98 Å². The lowest BCUT2D eigenvalue weighted by Gasteiger charge is -2.19. The molecule has 0 atom stereocenters. The van der Waals surface area contributed by atoms with E-state index in [1.807, 2.05) is 42.3 Å². The molecule has 2 rings (SSSR count). The van der Waals surface area contributed by atoms with E-state index in [0.717, 1.165) is 11.3 Å². The zero-order chi connectivity index (χ0) is 13.1. The Bertz CT molecular complexity index is 569. The minimum absolute atomic E-state index is 0.389. The second-order valence-corrected chi connectivity index (χ2v) is 4.63. The summed E-state index contributed by atoms with van der Waals surface area (Å²) in [6, 6.07) is 11.2. The number of anilines is 2. The van der Waals surface area contributed by atoms with Crippen molar-refractivity contribution in [2.24, 2.45) is 5.73 Å². The molecule has 0 fully saturated rings. The molecule has 0 saturated carbocycles. The van der Waals surface area contributed by atoms with Gasteiger partial charge in [-0.05, 0) is 36.4 Å². The van der Waals surface area contributed by atoms with Gasteiger partial charge in [0.2, 0.25) is 0 Å². The summed E-state index contributed by atoms with van der Waals surface area (Å²) in [5, 5.41) is 0.610. The quantitative estimate of drug-likeness (QED) is 0.875. The molecule has 0 bridgehead atoms. The second kappa shape index (κ2) is 5.33. The molecule has 2 N–H and O–H groups in total. The Morgan fingerprint density at radius 1 is 1.28 bits per heavy atom. The maximum absolute atomic E-state index is 6.11. The van der Waals surface area contributed by atoms with E-state index in [1.165, 1.54) is 0 Å². The Balaban J connectivity index is 2.32. The average molecular weight is 278 g/mol. The normalized spacial score (nSPS) is 10.1. The summed E-state index contributed by atoms with van der Waals surface area (Å²) in [6.45, 7) is 0. The summed E-state index contributed by atoms with van der Waals surface area (Å²) in [5.41, 5.74) is 7.37. The van der Waals surface area contributed by atoms with Gasteiger partial charge in [-0.3, -0.25) is 0 Å². The van der Waals surface area contributed by atoms with Crippen molar-refractivity contribution in [1.82, 2.24) is 4.98 Å². The molecule has 1 aromatic carbocycles. The Hall–Kier alpha value is -1.65. The van der Waals surface area contributed by atoms with Gasteiger partial charge in [-0.2, -0.15) is 0 Å². The zero-order valence-corrected chi connectivity index (χ0v) is 11.4. The number of benzene rings is 1. The van der Waals surface area contributed by atoms with E-state index >= 15 is 0 Å². The number of halogens is 1. The van der Waals surface area contributed by atoms with Crippen LogP contribution in [0.2, 0.25) is 5.02 Å². The molecular weight excluding hydrogens is 266 g/mol. The van der Waals surface area contributed by atoms with Gasteiger partial charge < -0.3 is 10.6 Å². The van der Waals surface area contributed by atoms with Crippen molar-refractivity contribution in [2.75, 3.05) is 11.9 Å². The third-order valence-electron chi connectivity index (χ3n) is 2.60. The fourth-order valence-electron chi connectivity index (χ4n) is 1.60. The number of nitrogens with two attached hydrogens (primary N) is 1. The van der Waals surface area contributed by atoms with Crippen LogP contribution in [0.5, 0.6) is 0 Å². The van der Waals surface area contributed by atoms with Crippen molar-refractivity contribution in [1.29, 1.82) is 0 Å². The van der Waals surface area contributed by atoms with Gasteiger partial charge in [0.1, 0.15) is 4.99 Å². The highest BCUT2D eigenvalue weighted by atomic mass is 35.5. The monoisotopic (exact) mass is 277 g/mol. The summed E-state index contributed by atoms with van der Waals surface area (Å²) in [6.07, 6.45) is 1.71. The van der Waals surface area contributed by atoms with Crippen LogP contribution in [0.3, 0.4) is 0 Å². The van der Waals surface area contributed by atoms with Crippen LogP contribution in [0.4, 0.5) is 11.5 Å². The topological polar surface area (TPSA) is 42.1 Å². The standard InChI is InChI=1S/C13H12ClN3S/c1-17(13-11(14)3-2-8-16-13)10-6-4-9(5-7-10)12(15)18/h2-8H,1H3,(H2,15,18). The second-order valence-electron chi connectivity index (χ2n) is 3.78. The summed E-state index contributed by atoms with van der Waals surface area (Å²) in [4.78, 5) is 6.55. The molecule has 3 nitrogen and oxygen atoms in total. The summed E-state index contributed by atoms with van der Waals surface area (Å²) in [7, 11) is 1.91. The Morgan fingerprint density at radius 3 is 2.50 bits per heavy atom. The van der Waals surface area contributed by atoms with Gasteiger partial charge in [-0.15, -0.1) is 0 Å². The molecule has 0 aliphatic heterocycles. The van der Waals surface area contributed by atoms with Crippen molar-refractivity contribution in [3.05, 3.63) is 53.2 Å². The molecule has 0 aliphatic rings. The molecule has 0 saturated heterocycles. The maximum Gasteiger partial charge on any atom is 0.151 e. The predicted molar refractivity (Wildman–Crippen MR) is 79.6 cm³/mol. The van der Waals surface area contributed by atoms with Crippen molar-refractivity contribution in [2.45, 2.75) is 0 Å². The predicted octanol–water partition coefficient (Wildman–Crippen LogP) is 3.14. The fraction of sp³-hybridized carbons (Fsp3) is 0.0769. The van der Waals surface area contributed by atoms with E-state index in [1.54, 1.807) is 12.3 Å². The SMILES string of the molecule is CN(c1ccc(C(N)=S)cc1)c1ncccc1Cl. The molecule has 5 heteroatoms. The largest absolute Gasteiger partial charge is 0.389 e. The lowest BCUT2D eigenvalue weighted by Crippen LogP contribution is -2.13. The molecule has 0 unspecified atom stereocenters. The van der Waals surface area contributed by atoms with Gasteiger partial charge in [-0.1, -0.05) is 23.8 Å². The van der Waals surface area contributed by atoms with Crippen LogP contribution in [0.15, 0.2) is 42.6 Å². The number of thiocarbonyl (C=S) groups is 1. The Kier molecular flexibility index (Phi) is 3.79. The molecule has 0 radical (unpaired) electrons. The maximum atomic E-state index is 6.11. The van der Waals surface area contributed by atoms with E-state index in [2.05, 4.69) is 4.98 Å². The highest BCUT2D eigenvalue weighted by Gasteiger charge is 2.09. The van der Waals surface area contributed by atoms with Crippen molar-refractivity contribution < 1.29 is 0 Å². The highest BCUT2D eigenvalue weighted by molar-refractivity contribution is 7.80. The first-order valence-corrected chi connectivity index (χ1v) is 6.12. The van der Waals surface area contributed by atoms with Gasteiger partial charge >= 0.3 is 0 Å². The van der Waals surface area contributed by atoms with Crippen LogP contribution in [-0.4, -0.2) is 17.0 Å². The third kappa shape index (κ3) is 2.60. The molecule has 0 aliphatic carbocycles. The number of rotatable bonds is 3. The first kappa shape index (κ1) is 12.8. The molecule has 0 spiro atoms. The van der Waals surface area contributed by atoms with Crippen molar-refractivity contribution >= 4 is 40.3 Å². The van der Waals surface area contributed by atoms with E-state index in [0.29, 0.717) is 15.8 Å². The minimum Gasteiger partial charge on any atom is -0.389 e. The van der Waals surface area contributed by atoms with E-state index < -0.39 is 0 Å². The number of nitrogens with zero attached hydrogens (tertiary/aromatic N) is 2. The van der Waals surface area contributed by atoms with E-state index in [-0.39, 0.29) is 0 Å². The van der Waals surface area contributed by atoms with Crippen LogP contribution >= 0.6 is 23.8 Å². The van der Waals surface area contributed by atoms with Crippen LogP contribution in [0.1, 0.15) is 5.56 Å². The molecule has 2 aromatic rings. The first-order valence-electron chi connectivity index (χ1n) is 5.33. The Morgan fingerprint density at radius 2 is 1.94 bits per heavy atom. The lowest BCUT2D eigenvalue weighted by atomic mass is 10.2. The molecule has 0 amide bonds. The van der Waals surface area contributed by atoms with E-state index in [9.17, 15) is 0 Å². The summed E-state index contributed by atoms with van der Waals surface area (Å²) >= 11 is 11.0. The van der Waals surface area contributed by atoms with Gasteiger partial charge in [0.15, 0.2) is 5.82 Å². The number of aromatic nitrogens is 1. The smallest absolute Gasteiger partial charge is 0.151 e. The zero-order valence-electron chi connectivity index (χ0n) is 9.80. The van der Waals surface area contributed by atoms with Crippen molar-refractivity contribution in [3.63, 3.8) is 0 Å². The summed E-state index contributed by atoms with van der Waals surface area (Å²) < 4.78 is 0. The van der Waals surface area contributed by atoms with Crippen LogP contribution in [0.25, 0.3) is 0 Å². The Labute approximate surface area is 116 Å². The van der Waals surface area contributed by atoms with Gasteiger partial charge in [0.25, 0.3) is 0 Å². The first-order chi connectivity index (χ1) is 8.59. The van der Waals surface area contributed by atoms with Crippen LogP contribution in [-0.2, 0) is 0 Å². The van der Waals surface area contributed by atoms with Crippen molar-refractivity contribution in [3.8, 4) is 0 Å². The minimum atomic E-state index is 0.389. The number of pyridine rings is 1. The molecular formula is C13H12ClN3S.